The van der Waals surface area contributed by atoms with Crippen molar-refractivity contribution < 1.29 is 0 Å². The van der Waals surface area contributed by atoms with Gasteiger partial charge in [-0.25, -0.2) is 0 Å². The van der Waals surface area contributed by atoms with Crippen LogP contribution in [0.2, 0.25) is 0 Å². The summed E-state index contributed by atoms with van der Waals surface area (Å²) in [5.41, 5.74) is 5.52. The van der Waals surface area contributed by atoms with Gasteiger partial charge in [0.2, 0.25) is 0 Å². The SMILES string of the molecule is N#CC(C#N)=c1ccc2c(c1)N1C3=C(CCCC3)[C@H](c3ccccc3)[C@@H]3CCCC[C@]31N=2. The van der Waals surface area contributed by atoms with Gasteiger partial charge in [-0.05, 0) is 68.2 Å². The van der Waals surface area contributed by atoms with Crippen LogP contribution in [0.5, 0.6) is 0 Å². The van der Waals surface area contributed by atoms with Crippen molar-refractivity contribution in [3.05, 3.63) is 75.9 Å². The highest BCUT2D eigenvalue weighted by Crippen LogP contribution is 2.59. The van der Waals surface area contributed by atoms with E-state index in [1.165, 1.54) is 43.4 Å². The minimum atomic E-state index is -0.241. The molecular formula is C28H26N4. The van der Waals surface area contributed by atoms with Crippen LogP contribution in [0.15, 0.2) is 64.8 Å². The molecular weight excluding hydrogens is 392 g/mol. The molecule has 1 spiro atoms. The fourth-order valence-corrected chi connectivity index (χ4v) is 6.81. The molecule has 3 atom stereocenters. The van der Waals surface area contributed by atoms with Gasteiger partial charge in [-0.3, -0.25) is 4.99 Å². The van der Waals surface area contributed by atoms with E-state index in [1.807, 2.05) is 18.2 Å². The summed E-state index contributed by atoms with van der Waals surface area (Å²) in [5, 5.41) is 20.6. The van der Waals surface area contributed by atoms with Crippen molar-refractivity contribution in [2.45, 2.75) is 62.9 Å². The predicted octanol–water partition coefficient (Wildman–Crippen LogP) is 4.84. The molecule has 0 saturated heterocycles. The fraction of sp³-hybridized carbons (Fsp3) is 0.393. The van der Waals surface area contributed by atoms with Crippen LogP contribution in [-0.2, 0) is 0 Å². The Hall–Kier alpha value is -3.37. The molecule has 6 rings (SSSR count). The summed E-state index contributed by atoms with van der Waals surface area (Å²) in [6.45, 7) is 0. The quantitative estimate of drug-likeness (QED) is 0.666. The Labute approximate surface area is 188 Å². The standard InChI is InChI=1S/C28H26N4/c29-17-21(18-30)20-13-14-24-26(16-20)32-25-12-5-4-10-22(25)27(19-8-2-1-3-9-19)23-11-6-7-15-28(23,32)31-24/h1-3,8-9,13-14,16,23,27H,4-7,10-12,15H2/t23-,27-,28+/m0/s1. The molecule has 0 bridgehead atoms. The van der Waals surface area contributed by atoms with Gasteiger partial charge in [-0.1, -0.05) is 42.8 Å². The molecule has 2 aromatic rings. The maximum Gasteiger partial charge on any atom is 0.140 e. The predicted molar refractivity (Wildman–Crippen MR) is 124 cm³/mol. The van der Waals surface area contributed by atoms with E-state index in [2.05, 4.69) is 47.4 Å². The topological polar surface area (TPSA) is 63.2 Å². The second-order valence-electron chi connectivity index (χ2n) is 9.55. The zero-order valence-corrected chi connectivity index (χ0v) is 18.2. The van der Waals surface area contributed by atoms with E-state index < -0.39 is 0 Å². The molecule has 4 heteroatoms. The van der Waals surface area contributed by atoms with Gasteiger partial charge in [0, 0.05) is 22.8 Å². The number of anilines is 1. The molecule has 4 nitrogen and oxygen atoms in total. The highest BCUT2D eigenvalue weighted by Gasteiger charge is 2.57. The van der Waals surface area contributed by atoms with Crippen molar-refractivity contribution in [1.82, 2.24) is 0 Å². The molecule has 158 valence electrons. The lowest BCUT2D eigenvalue weighted by Crippen LogP contribution is -2.57. The Morgan fingerprint density at radius 1 is 0.969 bits per heavy atom. The lowest BCUT2D eigenvalue weighted by molar-refractivity contribution is 0.156. The Balaban J connectivity index is 1.63. The van der Waals surface area contributed by atoms with E-state index in [0.717, 1.165) is 30.3 Å². The zero-order chi connectivity index (χ0) is 21.7. The highest BCUT2D eigenvalue weighted by atomic mass is 15.4. The summed E-state index contributed by atoms with van der Waals surface area (Å²) in [7, 11) is 0. The van der Waals surface area contributed by atoms with Gasteiger partial charge in [0.15, 0.2) is 0 Å². The van der Waals surface area contributed by atoms with Crippen LogP contribution >= 0.6 is 0 Å². The Bertz CT molecular complexity index is 1310. The molecule has 0 unspecified atom stereocenters. The number of allylic oxidation sites excluding steroid dienone is 2. The first-order chi connectivity index (χ1) is 15.8. The van der Waals surface area contributed by atoms with E-state index in [9.17, 15) is 10.5 Å². The van der Waals surface area contributed by atoms with Gasteiger partial charge in [-0.2, -0.15) is 10.5 Å². The molecule has 0 N–H and O–H groups in total. The summed E-state index contributed by atoms with van der Waals surface area (Å²) in [4.78, 5) is 8.03. The molecule has 1 fully saturated rings. The molecule has 2 aliphatic heterocycles. The maximum absolute atomic E-state index is 9.44. The number of nitrogens with zero attached hydrogens (tertiary/aromatic N) is 4. The monoisotopic (exact) mass is 418 g/mol. The van der Waals surface area contributed by atoms with Gasteiger partial charge in [0.05, 0.1) is 11.0 Å². The minimum Gasteiger partial charge on any atom is -0.318 e. The molecule has 0 aromatic heterocycles. The summed E-state index contributed by atoms with van der Waals surface area (Å²) in [5.74, 6) is 0.877. The largest absolute Gasteiger partial charge is 0.318 e. The second kappa shape index (κ2) is 7.35. The lowest BCUT2D eigenvalue weighted by atomic mass is 9.62. The molecule has 2 aliphatic carbocycles. The van der Waals surface area contributed by atoms with E-state index in [-0.39, 0.29) is 11.2 Å². The number of hydrogen-bond donors (Lipinski definition) is 0. The van der Waals surface area contributed by atoms with E-state index in [1.54, 1.807) is 5.57 Å². The third-order valence-electron chi connectivity index (χ3n) is 8.02. The van der Waals surface area contributed by atoms with Crippen LogP contribution in [-0.4, -0.2) is 5.66 Å². The summed E-state index contributed by atoms with van der Waals surface area (Å²) in [6.07, 6.45) is 9.39. The van der Waals surface area contributed by atoms with Gasteiger partial charge < -0.3 is 4.90 Å². The first-order valence-corrected chi connectivity index (χ1v) is 11.9. The molecule has 1 saturated carbocycles. The number of rotatable bonds is 1. The first kappa shape index (κ1) is 19.3. The van der Waals surface area contributed by atoms with Crippen molar-refractivity contribution in [2.24, 2.45) is 10.9 Å². The molecule has 2 heterocycles. The van der Waals surface area contributed by atoms with Crippen molar-refractivity contribution in [3.63, 3.8) is 0 Å². The smallest absolute Gasteiger partial charge is 0.140 e. The van der Waals surface area contributed by atoms with Crippen molar-refractivity contribution in [1.29, 1.82) is 10.5 Å². The van der Waals surface area contributed by atoms with Crippen LogP contribution in [0.4, 0.5) is 5.69 Å². The summed E-state index contributed by atoms with van der Waals surface area (Å²) in [6, 6.07) is 21.2. The third-order valence-corrected chi connectivity index (χ3v) is 8.02. The van der Waals surface area contributed by atoms with Crippen molar-refractivity contribution in [2.75, 3.05) is 4.90 Å². The Morgan fingerprint density at radius 3 is 2.59 bits per heavy atom. The van der Waals surface area contributed by atoms with Crippen LogP contribution in [0.1, 0.15) is 62.8 Å². The minimum absolute atomic E-state index is 0.172. The number of hydrogen-bond acceptors (Lipinski definition) is 4. The van der Waals surface area contributed by atoms with Gasteiger partial charge in [0.25, 0.3) is 0 Å². The van der Waals surface area contributed by atoms with E-state index in [0.29, 0.717) is 17.1 Å². The van der Waals surface area contributed by atoms with Crippen LogP contribution in [0, 0.1) is 28.6 Å². The first-order valence-electron chi connectivity index (χ1n) is 11.9. The molecule has 0 amide bonds. The normalized spacial score (nSPS) is 27.8. The summed E-state index contributed by atoms with van der Waals surface area (Å²) < 4.78 is 0. The number of benzene rings is 2. The Kier molecular flexibility index (Phi) is 4.44. The van der Waals surface area contributed by atoms with Gasteiger partial charge in [-0.15, -0.1) is 0 Å². The average Bonchev–Trinajstić information content (AvgIpc) is 3.17. The molecule has 4 aliphatic rings. The highest BCUT2D eigenvalue weighted by molar-refractivity contribution is 5.74. The van der Waals surface area contributed by atoms with Gasteiger partial charge in [0.1, 0.15) is 23.4 Å². The van der Waals surface area contributed by atoms with Gasteiger partial charge >= 0.3 is 0 Å². The number of fused-ring (bicyclic) bond motifs is 3. The average molecular weight is 419 g/mol. The molecule has 32 heavy (non-hydrogen) atoms. The van der Waals surface area contributed by atoms with E-state index in [4.69, 9.17) is 4.99 Å². The fourth-order valence-electron chi connectivity index (χ4n) is 6.81. The third kappa shape index (κ3) is 2.63. The lowest BCUT2D eigenvalue weighted by Gasteiger charge is -2.56. The summed E-state index contributed by atoms with van der Waals surface area (Å²) >= 11 is 0. The van der Waals surface area contributed by atoms with Crippen molar-refractivity contribution in [3.8, 4) is 12.1 Å². The second-order valence-corrected chi connectivity index (χ2v) is 9.55. The molecule has 0 radical (unpaired) electrons. The van der Waals surface area contributed by atoms with E-state index >= 15 is 0 Å². The van der Waals surface area contributed by atoms with Crippen LogP contribution < -0.4 is 15.5 Å². The number of nitriles is 2. The van der Waals surface area contributed by atoms with Crippen LogP contribution in [0.25, 0.3) is 5.57 Å². The maximum atomic E-state index is 9.44. The Morgan fingerprint density at radius 2 is 1.78 bits per heavy atom. The zero-order valence-electron chi connectivity index (χ0n) is 18.2. The van der Waals surface area contributed by atoms with Crippen LogP contribution in [0.3, 0.4) is 0 Å². The van der Waals surface area contributed by atoms with Crippen molar-refractivity contribution >= 4 is 11.3 Å². The molecule has 2 aromatic carbocycles.